The van der Waals surface area contributed by atoms with Crippen molar-refractivity contribution in [2.45, 2.75) is 490 Å². The van der Waals surface area contributed by atoms with Crippen LogP contribution in [0.3, 0.4) is 0 Å². The third-order valence-electron chi connectivity index (χ3n) is 20.5. The van der Waals surface area contributed by atoms with Gasteiger partial charge in [0.2, 0.25) is 0 Å². The van der Waals surface area contributed by atoms with Crippen LogP contribution in [-0.4, -0.2) is 96.7 Å². The highest BCUT2D eigenvalue weighted by Crippen LogP contribution is 2.45. The van der Waals surface area contributed by atoms with Crippen LogP contribution >= 0.6 is 15.6 Å². The van der Waals surface area contributed by atoms with Crippen LogP contribution in [0.4, 0.5) is 0 Å². The lowest BCUT2D eigenvalue weighted by Crippen LogP contribution is -2.30. The molecule has 0 aromatic carbocycles. The lowest BCUT2D eigenvalue weighted by Gasteiger charge is -2.21. The average molecular weight is 1550 g/mol. The number of phosphoric ester groups is 2. The van der Waals surface area contributed by atoms with Crippen molar-refractivity contribution in [1.29, 1.82) is 0 Å². The summed E-state index contributed by atoms with van der Waals surface area (Å²) in [5.74, 6) is -1.34. The molecule has 2 unspecified atom stereocenters. The van der Waals surface area contributed by atoms with Gasteiger partial charge in [-0.2, -0.15) is 0 Å². The summed E-state index contributed by atoms with van der Waals surface area (Å²) in [7, 11) is -9.93. The number of esters is 4. The first-order chi connectivity index (χ1) is 51.5. The van der Waals surface area contributed by atoms with Gasteiger partial charge >= 0.3 is 39.5 Å². The summed E-state index contributed by atoms with van der Waals surface area (Å²) in [6.45, 7) is 7.37. The van der Waals surface area contributed by atoms with Gasteiger partial charge in [0, 0.05) is 25.7 Å². The van der Waals surface area contributed by atoms with Gasteiger partial charge in [-0.3, -0.25) is 37.3 Å². The van der Waals surface area contributed by atoms with Gasteiger partial charge in [-0.25, -0.2) is 9.13 Å². The third-order valence-corrected chi connectivity index (χ3v) is 22.4. The van der Waals surface area contributed by atoms with E-state index in [2.05, 4.69) is 34.6 Å². The van der Waals surface area contributed by atoms with Crippen LogP contribution in [0.1, 0.15) is 471 Å². The number of ether oxygens (including phenoxy) is 4. The molecule has 0 heterocycles. The Labute approximate surface area is 651 Å². The summed E-state index contributed by atoms with van der Waals surface area (Å²) in [5.41, 5.74) is 0. The van der Waals surface area contributed by atoms with Crippen molar-refractivity contribution < 1.29 is 80.2 Å². The van der Waals surface area contributed by atoms with E-state index in [1.165, 1.54) is 295 Å². The van der Waals surface area contributed by atoms with Crippen molar-refractivity contribution >= 4 is 39.5 Å². The van der Waals surface area contributed by atoms with Gasteiger partial charge in [-0.15, -0.1) is 0 Å². The molecule has 3 N–H and O–H groups in total. The Bertz CT molecular complexity index is 2010. The molecule has 0 radical (unpaired) electrons. The Morgan fingerprint density at radius 3 is 0.642 bits per heavy atom. The number of aliphatic hydroxyl groups is 1. The van der Waals surface area contributed by atoms with Crippen LogP contribution in [0.25, 0.3) is 0 Å². The van der Waals surface area contributed by atoms with E-state index in [0.29, 0.717) is 25.7 Å². The molecule has 630 valence electrons. The van der Waals surface area contributed by atoms with Crippen LogP contribution < -0.4 is 0 Å². The highest BCUT2D eigenvalue weighted by molar-refractivity contribution is 7.47. The first-order valence-corrected chi connectivity index (χ1v) is 48.1. The fraction of sp³-hybridized carbons (Fsp3) is 0.954. The van der Waals surface area contributed by atoms with E-state index in [1.807, 2.05) is 0 Å². The maximum Gasteiger partial charge on any atom is 0.472 e. The van der Waals surface area contributed by atoms with E-state index >= 15 is 0 Å². The zero-order valence-electron chi connectivity index (χ0n) is 69.6. The predicted octanol–water partition coefficient (Wildman–Crippen LogP) is 26.8. The summed E-state index contributed by atoms with van der Waals surface area (Å²) in [6, 6.07) is 0. The summed E-state index contributed by atoms with van der Waals surface area (Å²) >= 11 is 0. The molecule has 0 spiro atoms. The first-order valence-electron chi connectivity index (χ1n) is 45.1. The Morgan fingerprint density at radius 2 is 0.434 bits per heavy atom. The highest BCUT2D eigenvalue weighted by Gasteiger charge is 2.30. The first kappa shape index (κ1) is 104. The molecule has 0 aromatic heterocycles. The molecule has 0 aliphatic carbocycles. The monoisotopic (exact) mass is 1550 g/mol. The molecule has 0 aliphatic heterocycles. The Kier molecular flexibility index (Phi) is 78.2. The highest BCUT2D eigenvalue weighted by atomic mass is 31.2. The number of hydrogen-bond donors (Lipinski definition) is 3. The minimum absolute atomic E-state index is 0.108. The van der Waals surface area contributed by atoms with Gasteiger partial charge in [0.1, 0.15) is 19.3 Å². The van der Waals surface area contributed by atoms with Crippen LogP contribution in [0, 0.1) is 5.92 Å². The molecular weight excluding hydrogens is 1380 g/mol. The van der Waals surface area contributed by atoms with E-state index in [0.717, 1.165) is 95.8 Å². The fourth-order valence-corrected chi connectivity index (χ4v) is 15.2. The predicted molar refractivity (Wildman–Crippen MR) is 437 cm³/mol. The minimum atomic E-state index is -4.97. The van der Waals surface area contributed by atoms with Crippen molar-refractivity contribution in [2.75, 3.05) is 39.6 Å². The molecule has 0 aromatic rings. The molecular formula is C87H170O17P2. The van der Waals surface area contributed by atoms with E-state index in [9.17, 15) is 43.2 Å². The van der Waals surface area contributed by atoms with Gasteiger partial charge < -0.3 is 33.8 Å². The number of hydrogen-bond acceptors (Lipinski definition) is 15. The SMILES string of the molecule is CCCCCCCCCCCCCCCCCCCCCCCC(=O)O[C@H](COC(=O)CCCCCCCCCCCCCCCCCCCC)COP(=O)(O)OC[C@@H](O)COP(=O)(O)OC[C@@H](COC(=O)CCCCCCCCCCCCC(C)C)OC(=O)CCCCCCCCCCCCCCCC. The molecule has 0 fully saturated rings. The van der Waals surface area contributed by atoms with Gasteiger partial charge in [-0.1, -0.05) is 420 Å². The van der Waals surface area contributed by atoms with Crippen LogP contribution in [-0.2, 0) is 65.4 Å². The zero-order chi connectivity index (χ0) is 77.6. The zero-order valence-corrected chi connectivity index (χ0v) is 71.4. The number of phosphoric acid groups is 2. The maximum atomic E-state index is 13.2. The topological polar surface area (TPSA) is 237 Å². The van der Waals surface area contributed by atoms with Gasteiger partial charge in [0.05, 0.1) is 26.4 Å². The van der Waals surface area contributed by atoms with E-state index in [1.54, 1.807) is 0 Å². The molecule has 0 saturated carbocycles. The number of carbonyl (C=O) groups is 4. The normalized spacial score (nSPS) is 13.7. The number of carbonyl (C=O) groups excluding carboxylic acids is 4. The number of rotatable bonds is 87. The number of unbranched alkanes of at least 4 members (excludes halogenated alkanes) is 59. The van der Waals surface area contributed by atoms with Crippen molar-refractivity contribution in [3.63, 3.8) is 0 Å². The summed E-state index contributed by atoms with van der Waals surface area (Å²) in [4.78, 5) is 73.3. The molecule has 0 rings (SSSR count). The van der Waals surface area contributed by atoms with Crippen molar-refractivity contribution in [3.8, 4) is 0 Å². The lowest BCUT2D eigenvalue weighted by molar-refractivity contribution is -0.161. The summed E-state index contributed by atoms with van der Waals surface area (Å²) < 4.78 is 69.0. The molecule has 19 heteroatoms. The average Bonchev–Trinajstić information content (AvgIpc) is 0.906. The minimum Gasteiger partial charge on any atom is -0.462 e. The van der Waals surface area contributed by atoms with Crippen molar-refractivity contribution in [1.82, 2.24) is 0 Å². The molecule has 0 saturated heterocycles. The summed E-state index contributed by atoms with van der Waals surface area (Å²) in [6.07, 6.45) is 73.6. The van der Waals surface area contributed by atoms with Gasteiger partial charge in [0.25, 0.3) is 0 Å². The standard InChI is InChI=1S/C87H170O17P2/c1-6-9-12-15-18-21-24-27-30-32-34-35-36-38-40-43-46-53-58-63-68-73-87(92)103-82(76-97-84(89)70-65-60-55-50-44-42-39-37-33-31-28-25-22-19-16-13-10-7-2)78-101-105(93,94)99-74-81(88)75-100-106(95,96)102-79-83(77-98-85(90)71-66-61-56-51-48-47-49-54-59-64-69-80(4)5)104-86(91)72-67-62-57-52-45-41-29-26-23-20-17-14-11-8-3/h80-83,88H,6-79H2,1-5H3,(H,93,94)(H,95,96)/t81-,82-,83-/m1/s1. The number of aliphatic hydroxyl groups excluding tert-OH is 1. The fourth-order valence-electron chi connectivity index (χ4n) is 13.6. The van der Waals surface area contributed by atoms with E-state index < -0.39 is 97.5 Å². The van der Waals surface area contributed by atoms with Crippen molar-refractivity contribution in [2.24, 2.45) is 5.92 Å². The van der Waals surface area contributed by atoms with Crippen molar-refractivity contribution in [3.05, 3.63) is 0 Å². The molecule has 5 atom stereocenters. The Hall–Kier alpha value is -1.94. The third kappa shape index (κ3) is 80.1. The lowest BCUT2D eigenvalue weighted by atomic mass is 10.0. The molecule has 106 heavy (non-hydrogen) atoms. The van der Waals surface area contributed by atoms with E-state index in [-0.39, 0.29) is 25.7 Å². The molecule has 0 aliphatic rings. The quantitative estimate of drug-likeness (QED) is 0.0222. The summed E-state index contributed by atoms with van der Waals surface area (Å²) in [5, 5.41) is 10.7. The molecule has 17 nitrogen and oxygen atoms in total. The smallest absolute Gasteiger partial charge is 0.462 e. The second-order valence-electron chi connectivity index (χ2n) is 31.8. The Balaban J connectivity index is 5.25. The second kappa shape index (κ2) is 79.7. The molecule has 0 bridgehead atoms. The van der Waals surface area contributed by atoms with Gasteiger partial charge in [-0.05, 0) is 31.6 Å². The Morgan fingerprint density at radius 1 is 0.255 bits per heavy atom. The second-order valence-corrected chi connectivity index (χ2v) is 34.7. The largest absolute Gasteiger partial charge is 0.472 e. The van der Waals surface area contributed by atoms with Crippen LogP contribution in [0.5, 0.6) is 0 Å². The van der Waals surface area contributed by atoms with Gasteiger partial charge in [0.15, 0.2) is 12.2 Å². The molecule has 0 amide bonds. The maximum absolute atomic E-state index is 13.2. The van der Waals surface area contributed by atoms with E-state index in [4.69, 9.17) is 37.0 Å². The van der Waals surface area contributed by atoms with Crippen LogP contribution in [0.15, 0.2) is 0 Å². The van der Waals surface area contributed by atoms with Crippen LogP contribution in [0.2, 0.25) is 0 Å².